The SMILES string of the molecule is CCNCC1(c2ccc(C)c(C)c2)CCCC1. The molecule has 0 atom stereocenters. The van der Waals surface area contributed by atoms with Gasteiger partial charge in [-0.1, -0.05) is 38.0 Å². The largest absolute Gasteiger partial charge is 0.316 e. The second-order valence-corrected chi connectivity index (χ2v) is 5.57. The summed E-state index contributed by atoms with van der Waals surface area (Å²) >= 11 is 0. The molecule has 1 fully saturated rings. The lowest BCUT2D eigenvalue weighted by atomic mass is 9.78. The zero-order valence-corrected chi connectivity index (χ0v) is 11.5. The molecule has 0 saturated heterocycles. The third-order valence-corrected chi connectivity index (χ3v) is 4.39. The van der Waals surface area contributed by atoms with Crippen molar-refractivity contribution in [2.24, 2.45) is 0 Å². The summed E-state index contributed by atoms with van der Waals surface area (Å²) < 4.78 is 0. The lowest BCUT2D eigenvalue weighted by Crippen LogP contribution is -2.35. The molecule has 0 amide bonds. The molecule has 0 bridgehead atoms. The molecule has 0 heterocycles. The van der Waals surface area contributed by atoms with Gasteiger partial charge in [-0.05, 0) is 49.9 Å². The summed E-state index contributed by atoms with van der Waals surface area (Å²) in [7, 11) is 0. The van der Waals surface area contributed by atoms with Gasteiger partial charge >= 0.3 is 0 Å². The molecule has 1 saturated carbocycles. The summed E-state index contributed by atoms with van der Waals surface area (Å²) in [5, 5.41) is 3.56. The van der Waals surface area contributed by atoms with Gasteiger partial charge in [-0.2, -0.15) is 0 Å². The molecule has 1 aliphatic carbocycles. The fourth-order valence-electron chi connectivity index (χ4n) is 3.05. The van der Waals surface area contributed by atoms with Gasteiger partial charge in [-0.15, -0.1) is 0 Å². The van der Waals surface area contributed by atoms with Crippen molar-refractivity contribution in [3.8, 4) is 0 Å². The second kappa shape index (κ2) is 5.22. The fraction of sp³-hybridized carbons (Fsp3) is 0.625. The molecule has 0 radical (unpaired) electrons. The molecule has 2 rings (SSSR count). The molecule has 1 aromatic carbocycles. The summed E-state index contributed by atoms with van der Waals surface area (Å²) in [6.45, 7) is 8.85. The molecule has 17 heavy (non-hydrogen) atoms. The van der Waals surface area contributed by atoms with Crippen LogP contribution < -0.4 is 5.32 Å². The molecule has 1 nitrogen and oxygen atoms in total. The van der Waals surface area contributed by atoms with Gasteiger partial charge in [0.15, 0.2) is 0 Å². The van der Waals surface area contributed by atoms with E-state index in [0.717, 1.165) is 13.1 Å². The first-order chi connectivity index (χ1) is 8.18. The number of benzene rings is 1. The Morgan fingerprint density at radius 2 is 1.82 bits per heavy atom. The molecular formula is C16H25N. The predicted octanol–water partition coefficient (Wildman–Crippen LogP) is 3.72. The third kappa shape index (κ3) is 2.55. The summed E-state index contributed by atoms with van der Waals surface area (Å²) in [5.41, 5.74) is 4.81. The van der Waals surface area contributed by atoms with E-state index in [2.05, 4.69) is 44.3 Å². The van der Waals surface area contributed by atoms with Crippen molar-refractivity contribution in [3.63, 3.8) is 0 Å². The Kier molecular flexibility index (Phi) is 3.88. The maximum absolute atomic E-state index is 3.56. The van der Waals surface area contributed by atoms with Crippen LogP contribution in [0.25, 0.3) is 0 Å². The van der Waals surface area contributed by atoms with Crippen molar-refractivity contribution < 1.29 is 0 Å². The van der Waals surface area contributed by atoms with Crippen molar-refractivity contribution in [2.45, 2.75) is 51.9 Å². The molecule has 1 aromatic rings. The average Bonchev–Trinajstić information content (AvgIpc) is 2.80. The van der Waals surface area contributed by atoms with Gasteiger partial charge in [0.05, 0.1) is 0 Å². The average molecular weight is 231 g/mol. The van der Waals surface area contributed by atoms with Gasteiger partial charge in [0.25, 0.3) is 0 Å². The first-order valence-corrected chi connectivity index (χ1v) is 6.96. The molecular weight excluding hydrogens is 206 g/mol. The Hall–Kier alpha value is -0.820. The number of hydrogen-bond acceptors (Lipinski definition) is 1. The van der Waals surface area contributed by atoms with Crippen LogP contribution in [0.15, 0.2) is 18.2 Å². The smallest absolute Gasteiger partial charge is 0.00778 e. The first-order valence-electron chi connectivity index (χ1n) is 6.96. The van der Waals surface area contributed by atoms with Crippen LogP contribution in [0.3, 0.4) is 0 Å². The highest BCUT2D eigenvalue weighted by Crippen LogP contribution is 2.41. The zero-order chi connectivity index (χ0) is 12.3. The van der Waals surface area contributed by atoms with Crippen molar-refractivity contribution in [3.05, 3.63) is 34.9 Å². The molecule has 1 heteroatoms. The Balaban J connectivity index is 2.28. The van der Waals surface area contributed by atoms with E-state index >= 15 is 0 Å². The van der Waals surface area contributed by atoms with E-state index in [1.165, 1.54) is 36.8 Å². The molecule has 0 aliphatic heterocycles. The van der Waals surface area contributed by atoms with Crippen LogP contribution in [-0.2, 0) is 5.41 Å². The van der Waals surface area contributed by atoms with E-state index in [4.69, 9.17) is 0 Å². The minimum absolute atomic E-state index is 0.411. The zero-order valence-electron chi connectivity index (χ0n) is 11.5. The highest BCUT2D eigenvalue weighted by atomic mass is 14.9. The highest BCUT2D eigenvalue weighted by molar-refractivity contribution is 5.35. The quantitative estimate of drug-likeness (QED) is 0.832. The van der Waals surface area contributed by atoms with Crippen LogP contribution in [0.4, 0.5) is 0 Å². The van der Waals surface area contributed by atoms with Crippen LogP contribution in [0.2, 0.25) is 0 Å². The number of aryl methyl sites for hydroxylation is 2. The van der Waals surface area contributed by atoms with Crippen LogP contribution >= 0.6 is 0 Å². The molecule has 0 aromatic heterocycles. The molecule has 1 N–H and O–H groups in total. The van der Waals surface area contributed by atoms with Crippen molar-refractivity contribution >= 4 is 0 Å². The summed E-state index contributed by atoms with van der Waals surface area (Å²) in [6, 6.07) is 7.06. The van der Waals surface area contributed by atoms with Crippen LogP contribution in [-0.4, -0.2) is 13.1 Å². The number of nitrogens with one attached hydrogen (secondary N) is 1. The van der Waals surface area contributed by atoms with Gasteiger partial charge in [0, 0.05) is 12.0 Å². The molecule has 0 spiro atoms. The minimum atomic E-state index is 0.411. The molecule has 1 aliphatic rings. The Bertz CT molecular complexity index is 375. The van der Waals surface area contributed by atoms with Crippen molar-refractivity contribution in [1.82, 2.24) is 5.32 Å². The molecule has 0 unspecified atom stereocenters. The standard InChI is InChI=1S/C16H25N/c1-4-17-12-16(9-5-6-10-16)15-8-7-13(2)14(3)11-15/h7-8,11,17H,4-6,9-10,12H2,1-3H3. The lowest BCUT2D eigenvalue weighted by molar-refractivity contribution is 0.410. The van der Waals surface area contributed by atoms with Crippen molar-refractivity contribution in [2.75, 3.05) is 13.1 Å². The van der Waals surface area contributed by atoms with Gasteiger partial charge < -0.3 is 5.32 Å². The monoisotopic (exact) mass is 231 g/mol. The summed E-state index contributed by atoms with van der Waals surface area (Å²) in [4.78, 5) is 0. The fourth-order valence-corrected chi connectivity index (χ4v) is 3.05. The van der Waals surface area contributed by atoms with E-state index < -0.39 is 0 Å². The van der Waals surface area contributed by atoms with E-state index in [0.29, 0.717) is 5.41 Å². The topological polar surface area (TPSA) is 12.0 Å². The van der Waals surface area contributed by atoms with Gasteiger partial charge in [-0.25, -0.2) is 0 Å². The van der Waals surface area contributed by atoms with E-state index in [9.17, 15) is 0 Å². The summed E-state index contributed by atoms with van der Waals surface area (Å²) in [6.07, 6.45) is 5.47. The Morgan fingerprint density at radius 1 is 1.12 bits per heavy atom. The number of rotatable bonds is 4. The van der Waals surface area contributed by atoms with E-state index in [1.807, 2.05) is 0 Å². The first kappa shape index (κ1) is 12.6. The number of likely N-dealkylation sites (N-methyl/N-ethyl adjacent to an activating group) is 1. The van der Waals surface area contributed by atoms with E-state index in [1.54, 1.807) is 5.56 Å². The normalized spacial score (nSPS) is 18.5. The Morgan fingerprint density at radius 3 is 2.41 bits per heavy atom. The second-order valence-electron chi connectivity index (χ2n) is 5.57. The van der Waals surface area contributed by atoms with Crippen molar-refractivity contribution in [1.29, 1.82) is 0 Å². The van der Waals surface area contributed by atoms with Crippen LogP contribution in [0, 0.1) is 13.8 Å². The van der Waals surface area contributed by atoms with Crippen LogP contribution in [0.5, 0.6) is 0 Å². The predicted molar refractivity (Wildman–Crippen MR) is 74.6 cm³/mol. The highest BCUT2D eigenvalue weighted by Gasteiger charge is 2.35. The Labute approximate surface area is 106 Å². The summed E-state index contributed by atoms with van der Waals surface area (Å²) in [5.74, 6) is 0. The van der Waals surface area contributed by atoms with Crippen LogP contribution in [0.1, 0.15) is 49.3 Å². The van der Waals surface area contributed by atoms with Gasteiger partial charge in [0.1, 0.15) is 0 Å². The van der Waals surface area contributed by atoms with E-state index in [-0.39, 0.29) is 0 Å². The third-order valence-electron chi connectivity index (χ3n) is 4.39. The minimum Gasteiger partial charge on any atom is -0.316 e. The lowest BCUT2D eigenvalue weighted by Gasteiger charge is -2.30. The molecule has 94 valence electrons. The maximum Gasteiger partial charge on any atom is 0.00778 e. The van der Waals surface area contributed by atoms with Gasteiger partial charge in [-0.3, -0.25) is 0 Å². The number of hydrogen-bond donors (Lipinski definition) is 1. The maximum atomic E-state index is 3.56. The van der Waals surface area contributed by atoms with Gasteiger partial charge in [0.2, 0.25) is 0 Å².